The highest BCUT2D eigenvalue weighted by atomic mass is 35.5. The zero-order chi connectivity index (χ0) is 18.3. The second-order valence-corrected chi connectivity index (χ2v) is 7.58. The molecule has 3 N–H and O–H groups in total. The van der Waals surface area contributed by atoms with Crippen LogP contribution in [0.15, 0.2) is 36.4 Å². The first-order valence-electron chi connectivity index (χ1n) is 8.65. The maximum Gasteiger partial charge on any atom is 0.319 e. The lowest BCUT2D eigenvalue weighted by Crippen LogP contribution is -2.34. The van der Waals surface area contributed by atoms with Crippen LogP contribution in [0.2, 0.25) is 10.0 Å². The van der Waals surface area contributed by atoms with Gasteiger partial charge in [0.25, 0.3) is 0 Å². The average molecular weight is 388 g/mol. The molecule has 1 aromatic heterocycles. The maximum atomic E-state index is 12.5. The summed E-state index contributed by atoms with van der Waals surface area (Å²) in [7, 11) is 0. The van der Waals surface area contributed by atoms with E-state index in [4.69, 9.17) is 23.2 Å². The molecule has 134 valence electrons. The number of anilines is 1. The van der Waals surface area contributed by atoms with E-state index >= 15 is 0 Å². The lowest BCUT2D eigenvalue weighted by Gasteiger charge is -2.24. The number of aromatic amines is 1. The van der Waals surface area contributed by atoms with Gasteiger partial charge >= 0.3 is 6.03 Å². The Hall–Kier alpha value is -2.17. The number of aromatic nitrogens is 1. The average Bonchev–Trinajstić information content (AvgIpc) is 2.96. The molecule has 2 aromatic carbocycles. The summed E-state index contributed by atoms with van der Waals surface area (Å²) in [6.07, 6.45) is 2.97. The fraction of sp³-hybridized carbons (Fsp3) is 0.250. The van der Waals surface area contributed by atoms with E-state index in [1.165, 1.54) is 16.5 Å². The van der Waals surface area contributed by atoms with Crippen molar-refractivity contribution in [2.75, 3.05) is 5.32 Å². The van der Waals surface area contributed by atoms with Crippen LogP contribution in [0.3, 0.4) is 0 Å². The van der Waals surface area contributed by atoms with Crippen molar-refractivity contribution < 1.29 is 4.79 Å². The number of carbonyl (C=O) groups is 1. The van der Waals surface area contributed by atoms with Gasteiger partial charge in [0.1, 0.15) is 0 Å². The van der Waals surface area contributed by atoms with Crippen molar-refractivity contribution in [1.82, 2.24) is 10.3 Å². The topological polar surface area (TPSA) is 56.9 Å². The molecule has 4 nitrogen and oxygen atoms in total. The number of amides is 2. The molecule has 0 radical (unpaired) electrons. The van der Waals surface area contributed by atoms with E-state index in [-0.39, 0.29) is 12.1 Å². The van der Waals surface area contributed by atoms with Gasteiger partial charge in [-0.1, -0.05) is 34.8 Å². The number of H-pyrrole nitrogens is 1. The Morgan fingerprint density at radius 2 is 2.04 bits per heavy atom. The number of carbonyl (C=O) groups excluding carboxylic acids is 1. The van der Waals surface area contributed by atoms with E-state index in [2.05, 4.69) is 40.7 Å². The monoisotopic (exact) mass is 387 g/mol. The quantitative estimate of drug-likeness (QED) is 0.497. The van der Waals surface area contributed by atoms with Gasteiger partial charge < -0.3 is 15.6 Å². The minimum Gasteiger partial charge on any atom is -0.356 e. The Kier molecular flexibility index (Phi) is 4.55. The zero-order valence-corrected chi connectivity index (χ0v) is 15.8. The van der Waals surface area contributed by atoms with E-state index in [9.17, 15) is 4.79 Å². The number of urea groups is 1. The van der Waals surface area contributed by atoms with E-state index in [1.54, 1.807) is 18.2 Å². The predicted molar refractivity (Wildman–Crippen MR) is 107 cm³/mol. The molecule has 0 saturated carbocycles. The van der Waals surface area contributed by atoms with E-state index in [0.29, 0.717) is 15.7 Å². The molecule has 1 atom stereocenters. The van der Waals surface area contributed by atoms with Crippen molar-refractivity contribution in [2.24, 2.45) is 0 Å². The van der Waals surface area contributed by atoms with Crippen LogP contribution in [-0.2, 0) is 6.42 Å². The summed E-state index contributed by atoms with van der Waals surface area (Å²) in [4.78, 5) is 16.0. The fourth-order valence-electron chi connectivity index (χ4n) is 3.63. The Morgan fingerprint density at radius 1 is 1.19 bits per heavy atom. The molecule has 1 aliphatic rings. The normalized spacial score (nSPS) is 16.3. The van der Waals surface area contributed by atoms with E-state index in [0.717, 1.165) is 30.5 Å². The summed E-state index contributed by atoms with van der Waals surface area (Å²) in [6, 6.07) is 11.1. The summed E-state index contributed by atoms with van der Waals surface area (Å²) in [5, 5.41) is 8.08. The molecule has 2 amide bonds. The molecule has 6 heteroatoms. The van der Waals surface area contributed by atoms with Crippen LogP contribution in [0, 0.1) is 6.92 Å². The highest BCUT2D eigenvalue weighted by molar-refractivity contribution is 6.36. The van der Waals surface area contributed by atoms with E-state index < -0.39 is 0 Å². The van der Waals surface area contributed by atoms with Crippen LogP contribution in [0.1, 0.15) is 35.7 Å². The zero-order valence-electron chi connectivity index (χ0n) is 14.3. The number of aryl methyl sites for hydroxylation is 2. The molecule has 3 aromatic rings. The third kappa shape index (κ3) is 3.27. The molecule has 0 saturated heterocycles. The van der Waals surface area contributed by atoms with Gasteiger partial charge in [0.05, 0.1) is 16.8 Å². The predicted octanol–water partition coefficient (Wildman–Crippen LogP) is 5.98. The molecular weight excluding hydrogens is 369 g/mol. The van der Waals surface area contributed by atoms with Gasteiger partial charge in [-0.25, -0.2) is 4.79 Å². The molecule has 0 fully saturated rings. The highest BCUT2D eigenvalue weighted by Gasteiger charge is 2.25. The summed E-state index contributed by atoms with van der Waals surface area (Å²) in [6.45, 7) is 2.10. The van der Waals surface area contributed by atoms with Crippen molar-refractivity contribution in [1.29, 1.82) is 0 Å². The summed E-state index contributed by atoms with van der Waals surface area (Å²) in [5.41, 5.74) is 5.32. The SMILES string of the molecule is Cc1ccc2[nH]c3c(c2c1)CCCC3NC(=O)Nc1ccc(Cl)cc1Cl. The Bertz CT molecular complexity index is 996. The summed E-state index contributed by atoms with van der Waals surface area (Å²) in [5.74, 6) is 0. The third-order valence-corrected chi connectivity index (χ3v) is 5.40. The largest absolute Gasteiger partial charge is 0.356 e. The number of nitrogens with one attached hydrogen (secondary N) is 3. The van der Waals surface area contributed by atoms with Gasteiger partial charge in [0.2, 0.25) is 0 Å². The Balaban J connectivity index is 1.56. The molecule has 1 aliphatic carbocycles. The van der Waals surface area contributed by atoms with Crippen molar-refractivity contribution in [2.45, 2.75) is 32.2 Å². The highest BCUT2D eigenvalue weighted by Crippen LogP contribution is 2.35. The van der Waals surface area contributed by atoms with Gasteiger partial charge in [-0.2, -0.15) is 0 Å². The molecule has 1 heterocycles. The van der Waals surface area contributed by atoms with Crippen LogP contribution < -0.4 is 10.6 Å². The van der Waals surface area contributed by atoms with E-state index in [1.807, 2.05) is 0 Å². The molecule has 0 spiro atoms. The number of hydrogen-bond acceptors (Lipinski definition) is 1. The minimum atomic E-state index is -0.276. The van der Waals surface area contributed by atoms with Gasteiger partial charge in [-0.3, -0.25) is 0 Å². The van der Waals surface area contributed by atoms with Crippen molar-refractivity contribution in [3.63, 3.8) is 0 Å². The van der Waals surface area contributed by atoms with Crippen LogP contribution in [0.4, 0.5) is 10.5 Å². The van der Waals surface area contributed by atoms with Gasteiger partial charge in [0, 0.05) is 21.6 Å². The lowest BCUT2D eigenvalue weighted by molar-refractivity contribution is 0.247. The second-order valence-electron chi connectivity index (χ2n) is 6.73. The molecule has 0 aliphatic heterocycles. The number of rotatable bonds is 2. The number of fused-ring (bicyclic) bond motifs is 3. The van der Waals surface area contributed by atoms with Crippen LogP contribution >= 0.6 is 23.2 Å². The standard InChI is InChI=1S/C20H19Cl2N3O/c1-11-5-7-16-14(9-11)13-3-2-4-18(19(13)23-16)25-20(26)24-17-8-6-12(21)10-15(17)22/h5-10,18,23H,2-4H2,1H3,(H2,24,25,26). The molecule has 4 rings (SSSR count). The van der Waals surface area contributed by atoms with Gasteiger partial charge in [-0.15, -0.1) is 0 Å². The second kappa shape index (κ2) is 6.86. The van der Waals surface area contributed by atoms with Crippen molar-refractivity contribution in [3.05, 3.63) is 63.3 Å². The smallest absolute Gasteiger partial charge is 0.319 e. The van der Waals surface area contributed by atoms with Crippen molar-refractivity contribution in [3.8, 4) is 0 Å². The molecule has 26 heavy (non-hydrogen) atoms. The van der Waals surface area contributed by atoms with Crippen LogP contribution in [-0.4, -0.2) is 11.0 Å². The van der Waals surface area contributed by atoms with Gasteiger partial charge in [0.15, 0.2) is 0 Å². The first kappa shape index (κ1) is 17.3. The lowest BCUT2D eigenvalue weighted by atomic mass is 9.91. The number of halogens is 2. The maximum absolute atomic E-state index is 12.5. The number of benzene rings is 2. The van der Waals surface area contributed by atoms with Crippen molar-refractivity contribution >= 4 is 45.8 Å². The fourth-order valence-corrected chi connectivity index (χ4v) is 4.08. The minimum absolute atomic E-state index is 0.0440. The molecule has 1 unspecified atom stereocenters. The first-order valence-corrected chi connectivity index (χ1v) is 9.40. The first-order chi connectivity index (χ1) is 12.5. The van der Waals surface area contributed by atoms with Crippen LogP contribution in [0.25, 0.3) is 10.9 Å². The Morgan fingerprint density at radius 3 is 2.85 bits per heavy atom. The molecular formula is C20H19Cl2N3O. The molecule has 0 bridgehead atoms. The Labute approximate surface area is 161 Å². The third-order valence-electron chi connectivity index (χ3n) is 4.85. The van der Waals surface area contributed by atoms with Crippen LogP contribution in [0.5, 0.6) is 0 Å². The summed E-state index contributed by atoms with van der Waals surface area (Å²) < 4.78 is 0. The summed E-state index contributed by atoms with van der Waals surface area (Å²) >= 11 is 12.0. The van der Waals surface area contributed by atoms with Gasteiger partial charge in [-0.05, 0) is 62.1 Å². The number of hydrogen-bond donors (Lipinski definition) is 3.